The Kier molecular flexibility index (Phi) is 12.6. The third kappa shape index (κ3) is 10.3. The first kappa shape index (κ1) is 37.9. The van der Waals surface area contributed by atoms with Crippen LogP contribution < -0.4 is 10.1 Å². The molecule has 0 aliphatic heterocycles. The molecule has 4 aromatic rings. The summed E-state index contributed by atoms with van der Waals surface area (Å²) in [6.07, 6.45) is -3.99. The number of hydrogen-bond acceptors (Lipinski definition) is 3. The van der Waals surface area contributed by atoms with Crippen molar-refractivity contribution >= 4 is 11.9 Å². The van der Waals surface area contributed by atoms with E-state index in [0.717, 1.165) is 62.8 Å². The van der Waals surface area contributed by atoms with Gasteiger partial charge in [0.15, 0.2) is 6.61 Å². The van der Waals surface area contributed by atoms with E-state index in [4.69, 9.17) is 4.74 Å². The summed E-state index contributed by atoms with van der Waals surface area (Å²) < 4.78 is 116. The van der Waals surface area contributed by atoms with E-state index in [2.05, 4.69) is 17.4 Å². The smallest absolute Gasteiger partial charge is 0.419 e. The minimum absolute atomic E-state index is 0.203. The molecule has 0 saturated heterocycles. The molecule has 0 spiro atoms. The van der Waals surface area contributed by atoms with Crippen LogP contribution in [0.3, 0.4) is 0 Å². The second-order valence-corrected chi connectivity index (χ2v) is 11.6. The van der Waals surface area contributed by atoms with Gasteiger partial charge in [0.2, 0.25) is 0 Å². The van der Waals surface area contributed by atoms with E-state index in [1.54, 1.807) is 0 Å². The molecular formula is C37H33F8NO4. The zero-order valence-corrected chi connectivity index (χ0v) is 26.6. The fourth-order valence-corrected chi connectivity index (χ4v) is 5.41. The summed E-state index contributed by atoms with van der Waals surface area (Å²) in [7, 11) is 0. The van der Waals surface area contributed by atoms with Crippen LogP contribution in [-0.2, 0) is 23.6 Å². The van der Waals surface area contributed by atoms with Gasteiger partial charge >= 0.3 is 18.3 Å². The molecular weight excluding hydrogens is 674 g/mol. The Morgan fingerprint density at radius 2 is 1.16 bits per heavy atom. The molecule has 0 aliphatic carbocycles. The van der Waals surface area contributed by atoms with Crippen LogP contribution in [-0.4, -0.2) is 30.1 Å². The maximum absolute atomic E-state index is 14.2. The van der Waals surface area contributed by atoms with Crippen molar-refractivity contribution in [3.05, 3.63) is 113 Å². The molecule has 4 rings (SSSR count). The van der Waals surface area contributed by atoms with E-state index < -0.39 is 59.3 Å². The molecule has 0 aliphatic rings. The van der Waals surface area contributed by atoms with E-state index in [0.29, 0.717) is 30.7 Å². The lowest BCUT2D eigenvalue weighted by atomic mass is 9.92. The topological polar surface area (TPSA) is 75.6 Å². The van der Waals surface area contributed by atoms with E-state index in [1.165, 1.54) is 5.56 Å². The highest BCUT2D eigenvalue weighted by atomic mass is 19.4. The molecule has 1 amide bonds. The summed E-state index contributed by atoms with van der Waals surface area (Å²) >= 11 is 0. The van der Waals surface area contributed by atoms with Crippen molar-refractivity contribution in [3.63, 3.8) is 0 Å². The van der Waals surface area contributed by atoms with Gasteiger partial charge in [-0.05, 0) is 72.4 Å². The van der Waals surface area contributed by atoms with Gasteiger partial charge in [0, 0.05) is 23.2 Å². The number of carboxylic acids is 1. The Hall–Kier alpha value is -4.94. The van der Waals surface area contributed by atoms with Gasteiger partial charge in [-0.2, -0.15) is 26.3 Å². The number of rotatable bonds is 15. The molecule has 0 bridgehead atoms. The van der Waals surface area contributed by atoms with Crippen molar-refractivity contribution in [2.24, 2.45) is 0 Å². The Morgan fingerprint density at radius 1 is 0.660 bits per heavy atom. The molecule has 13 heteroatoms. The highest BCUT2D eigenvalue weighted by Crippen LogP contribution is 2.44. The van der Waals surface area contributed by atoms with Gasteiger partial charge in [-0.3, -0.25) is 4.79 Å². The Bertz CT molecular complexity index is 1700. The number of aryl methyl sites for hydroxylation is 1. The summed E-state index contributed by atoms with van der Waals surface area (Å²) in [4.78, 5) is 24.8. The monoisotopic (exact) mass is 707 g/mol. The van der Waals surface area contributed by atoms with Crippen molar-refractivity contribution in [1.29, 1.82) is 0 Å². The summed E-state index contributed by atoms with van der Waals surface area (Å²) in [5.41, 5.74) is -3.76. The molecule has 2 N–H and O–H groups in total. The molecule has 0 radical (unpaired) electrons. The molecule has 50 heavy (non-hydrogen) atoms. The molecule has 5 nitrogen and oxygen atoms in total. The van der Waals surface area contributed by atoms with E-state index in [-0.39, 0.29) is 34.4 Å². The number of nitrogens with one attached hydrogen (secondary N) is 1. The van der Waals surface area contributed by atoms with E-state index in [9.17, 15) is 49.8 Å². The average molecular weight is 708 g/mol. The lowest BCUT2D eigenvalue weighted by Gasteiger charge is -2.19. The lowest BCUT2D eigenvalue weighted by molar-refractivity contribution is -0.140. The number of carbonyl (C=O) groups is 2. The Balaban J connectivity index is 1.63. The quantitative estimate of drug-likeness (QED) is 0.0953. The fraction of sp³-hybridized carbons (Fsp3) is 0.297. The van der Waals surface area contributed by atoms with Crippen LogP contribution in [0.25, 0.3) is 22.3 Å². The van der Waals surface area contributed by atoms with Crippen LogP contribution in [0.5, 0.6) is 5.75 Å². The van der Waals surface area contributed by atoms with E-state index >= 15 is 0 Å². The second kappa shape index (κ2) is 16.6. The minimum Gasteiger partial charge on any atom is -0.481 e. The van der Waals surface area contributed by atoms with Gasteiger partial charge in [0.25, 0.3) is 5.91 Å². The van der Waals surface area contributed by atoms with Crippen molar-refractivity contribution in [3.8, 4) is 28.0 Å². The first-order valence-electron chi connectivity index (χ1n) is 15.7. The third-order valence-corrected chi connectivity index (χ3v) is 7.88. The molecule has 0 atom stereocenters. The third-order valence-electron chi connectivity index (χ3n) is 7.88. The normalized spacial score (nSPS) is 11.8. The Morgan fingerprint density at radius 3 is 1.66 bits per heavy atom. The second-order valence-electron chi connectivity index (χ2n) is 11.6. The standard InChI is InChI=1S/C37H33F8NO4/c38-31-15-13-24(20-29(31)36(40,41)42)27-18-26(35(49)46-17-9-4-2-1-3-6-10-23-11-7-5-8-12-23)19-28(34(27)50-22-33(47)48)25-14-16-32(39)30(21-25)37(43,44)45/h5,7-8,11-16,18-21H,1-4,6,9-10,17,22H2,(H,46,49)(H,47,48). The number of amides is 1. The number of halogens is 8. The largest absolute Gasteiger partial charge is 0.481 e. The van der Waals surface area contributed by atoms with Crippen molar-refractivity contribution in [2.75, 3.05) is 13.2 Å². The molecule has 0 unspecified atom stereocenters. The van der Waals surface area contributed by atoms with Gasteiger partial charge in [-0.1, -0.05) is 68.1 Å². The van der Waals surface area contributed by atoms with Crippen LogP contribution in [0.2, 0.25) is 0 Å². The zero-order valence-electron chi connectivity index (χ0n) is 26.6. The van der Waals surface area contributed by atoms with Gasteiger partial charge < -0.3 is 15.2 Å². The minimum atomic E-state index is -5.15. The number of alkyl halides is 6. The zero-order chi connectivity index (χ0) is 36.5. The first-order chi connectivity index (χ1) is 23.6. The van der Waals surface area contributed by atoms with E-state index in [1.807, 2.05) is 18.2 Å². The number of carbonyl (C=O) groups excluding carboxylic acids is 1. The lowest BCUT2D eigenvalue weighted by Crippen LogP contribution is -2.24. The average Bonchev–Trinajstić information content (AvgIpc) is 3.06. The molecule has 4 aromatic carbocycles. The number of benzene rings is 4. The molecule has 0 aromatic heterocycles. The van der Waals surface area contributed by atoms with Crippen LogP contribution in [0.15, 0.2) is 78.9 Å². The number of ether oxygens (including phenoxy) is 1. The summed E-state index contributed by atoms with van der Waals surface area (Å²) in [5, 5.41) is 12.0. The summed E-state index contributed by atoms with van der Waals surface area (Å²) in [5.74, 6) is -6.03. The number of hydrogen-bond donors (Lipinski definition) is 2. The maximum Gasteiger partial charge on any atom is 0.419 e. The first-order valence-corrected chi connectivity index (χ1v) is 15.7. The van der Waals surface area contributed by atoms with Crippen molar-refractivity contribution < 1.29 is 54.6 Å². The Labute approximate surface area is 282 Å². The van der Waals surface area contributed by atoms with Crippen LogP contribution in [0, 0.1) is 11.6 Å². The molecule has 0 fully saturated rings. The molecule has 0 heterocycles. The van der Waals surface area contributed by atoms with Gasteiger partial charge in [-0.15, -0.1) is 0 Å². The van der Waals surface area contributed by atoms with Crippen molar-refractivity contribution in [2.45, 2.75) is 57.3 Å². The highest BCUT2D eigenvalue weighted by Gasteiger charge is 2.36. The maximum atomic E-state index is 14.2. The van der Waals surface area contributed by atoms with Crippen molar-refractivity contribution in [1.82, 2.24) is 5.32 Å². The van der Waals surface area contributed by atoms with Crippen LogP contribution >= 0.6 is 0 Å². The predicted octanol–water partition coefficient (Wildman–Crippen LogP) is 10.1. The number of aliphatic carboxylic acids is 1. The fourth-order valence-electron chi connectivity index (χ4n) is 5.41. The molecule has 0 saturated carbocycles. The van der Waals surface area contributed by atoms with Gasteiger partial charge in [0.05, 0.1) is 11.1 Å². The summed E-state index contributed by atoms with van der Waals surface area (Å²) in [6, 6.07) is 15.9. The highest BCUT2D eigenvalue weighted by molar-refractivity contribution is 5.99. The van der Waals surface area contributed by atoms with Crippen LogP contribution in [0.1, 0.15) is 65.6 Å². The number of unbranched alkanes of at least 4 members (excludes halogenated alkanes) is 5. The molecule has 266 valence electrons. The van der Waals surface area contributed by atoms with Gasteiger partial charge in [0.1, 0.15) is 17.4 Å². The van der Waals surface area contributed by atoms with Gasteiger partial charge in [-0.25, -0.2) is 13.6 Å². The SMILES string of the molecule is O=C(O)COc1c(-c2ccc(F)c(C(F)(F)F)c2)cc(C(=O)NCCCCCCCCc2ccccc2)cc1-c1ccc(F)c(C(F)(F)F)c1. The predicted molar refractivity (Wildman–Crippen MR) is 171 cm³/mol. The summed E-state index contributed by atoms with van der Waals surface area (Å²) in [6.45, 7) is -0.882. The van der Waals surface area contributed by atoms with Crippen LogP contribution in [0.4, 0.5) is 35.1 Å². The number of carboxylic acid groups (broad SMARTS) is 1.